The highest BCUT2D eigenvalue weighted by Gasteiger charge is 2.25. The minimum Gasteiger partial charge on any atom is -0.338 e. The quantitative estimate of drug-likeness (QED) is 0.755. The largest absolute Gasteiger partial charge is 0.338 e. The van der Waals surface area contributed by atoms with Crippen LogP contribution < -0.4 is 5.73 Å². The zero-order valence-electron chi connectivity index (χ0n) is 8.11. The molecule has 0 radical (unpaired) electrons. The summed E-state index contributed by atoms with van der Waals surface area (Å²) in [6, 6.07) is 0.315. The van der Waals surface area contributed by atoms with Crippen LogP contribution in [0, 0.1) is 5.92 Å². The molecule has 0 amide bonds. The van der Waals surface area contributed by atoms with Gasteiger partial charge in [-0.3, -0.25) is 0 Å². The summed E-state index contributed by atoms with van der Waals surface area (Å²) in [5.41, 5.74) is 6.09. The Morgan fingerprint density at radius 3 is 2.92 bits per heavy atom. The Balaban J connectivity index is 1.93. The highest BCUT2D eigenvalue weighted by atomic mass is 15.0. The van der Waals surface area contributed by atoms with E-state index in [0.717, 1.165) is 18.2 Å². The Labute approximate surface area is 79.0 Å². The molecule has 3 heteroatoms. The summed E-state index contributed by atoms with van der Waals surface area (Å²) >= 11 is 0. The molecule has 1 aromatic rings. The van der Waals surface area contributed by atoms with Crippen molar-refractivity contribution in [3.63, 3.8) is 0 Å². The third-order valence-electron chi connectivity index (χ3n) is 3.09. The van der Waals surface area contributed by atoms with Gasteiger partial charge in [0.25, 0.3) is 0 Å². The maximum absolute atomic E-state index is 6.09. The molecule has 1 atom stereocenters. The number of rotatable bonds is 3. The highest BCUT2D eigenvalue weighted by Crippen LogP contribution is 2.29. The summed E-state index contributed by atoms with van der Waals surface area (Å²) in [4.78, 5) is 4.28. The average molecular weight is 179 g/mol. The molecule has 13 heavy (non-hydrogen) atoms. The van der Waals surface area contributed by atoms with Crippen LogP contribution in [-0.4, -0.2) is 15.6 Å². The number of hydrogen-bond acceptors (Lipinski definition) is 2. The van der Waals surface area contributed by atoms with Gasteiger partial charge in [-0.15, -0.1) is 0 Å². The first kappa shape index (κ1) is 8.75. The van der Waals surface area contributed by atoms with Crippen molar-refractivity contribution in [2.24, 2.45) is 18.7 Å². The van der Waals surface area contributed by atoms with E-state index < -0.39 is 0 Å². The van der Waals surface area contributed by atoms with Crippen LogP contribution in [0.5, 0.6) is 0 Å². The van der Waals surface area contributed by atoms with Crippen molar-refractivity contribution in [3.05, 3.63) is 18.2 Å². The molecule has 1 aromatic heterocycles. The smallest absolute Gasteiger partial charge is 0.109 e. The van der Waals surface area contributed by atoms with Crippen molar-refractivity contribution >= 4 is 0 Å². The molecule has 0 bridgehead atoms. The lowest BCUT2D eigenvalue weighted by molar-refractivity contribution is 0.258. The molecule has 2 rings (SSSR count). The van der Waals surface area contributed by atoms with E-state index in [2.05, 4.69) is 9.55 Å². The maximum Gasteiger partial charge on any atom is 0.109 e. The Bertz CT molecular complexity index is 275. The molecule has 0 saturated heterocycles. The zero-order valence-corrected chi connectivity index (χ0v) is 8.11. The van der Waals surface area contributed by atoms with E-state index in [9.17, 15) is 0 Å². The Kier molecular flexibility index (Phi) is 2.36. The number of aromatic nitrogens is 2. The molecule has 1 aliphatic carbocycles. The van der Waals surface area contributed by atoms with Crippen LogP contribution in [0.25, 0.3) is 0 Å². The van der Waals surface area contributed by atoms with E-state index in [0.29, 0.717) is 6.04 Å². The molecule has 0 spiro atoms. The molecular weight excluding hydrogens is 162 g/mol. The maximum atomic E-state index is 6.09. The molecule has 1 heterocycles. The molecule has 2 N–H and O–H groups in total. The Hall–Kier alpha value is -0.830. The van der Waals surface area contributed by atoms with Crippen molar-refractivity contribution in [1.29, 1.82) is 0 Å². The van der Waals surface area contributed by atoms with Crippen LogP contribution in [0.2, 0.25) is 0 Å². The van der Waals surface area contributed by atoms with Crippen LogP contribution in [-0.2, 0) is 13.5 Å². The third-order valence-corrected chi connectivity index (χ3v) is 3.09. The van der Waals surface area contributed by atoms with Gasteiger partial charge < -0.3 is 10.3 Å². The van der Waals surface area contributed by atoms with E-state index in [4.69, 9.17) is 5.73 Å². The fourth-order valence-electron chi connectivity index (χ4n) is 1.84. The summed E-state index contributed by atoms with van der Waals surface area (Å²) in [7, 11) is 2.02. The van der Waals surface area contributed by atoms with Crippen molar-refractivity contribution in [2.45, 2.75) is 31.7 Å². The minimum absolute atomic E-state index is 0.315. The number of imidazole rings is 1. The SMILES string of the molecule is Cn1ccnc1CC(N)C1CCC1. The number of aryl methyl sites for hydroxylation is 1. The Morgan fingerprint density at radius 1 is 1.69 bits per heavy atom. The first-order valence-electron chi connectivity index (χ1n) is 4.99. The molecule has 72 valence electrons. The molecule has 1 unspecified atom stereocenters. The van der Waals surface area contributed by atoms with Gasteiger partial charge in [0.05, 0.1) is 0 Å². The second-order valence-corrected chi connectivity index (χ2v) is 4.01. The lowest BCUT2D eigenvalue weighted by atomic mass is 9.79. The van der Waals surface area contributed by atoms with Gasteiger partial charge in [0.15, 0.2) is 0 Å². The fourth-order valence-corrected chi connectivity index (χ4v) is 1.84. The summed E-state index contributed by atoms with van der Waals surface area (Å²) in [5, 5.41) is 0. The second-order valence-electron chi connectivity index (χ2n) is 4.01. The Morgan fingerprint density at radius 2 is 2.46 bits per heavy atom. The van der Waals surface area contributed by atoms with Crippen LogP contribution in [0.1, 0.15) is 25.1 Å². The van der Waals surface area contributed by atoms with Crippen molar-refractivity contribution < 1.29 is 0 Å². The molecule has 0 aliphatic heterocycles. The van der Waals surface area contributed by atoms with Crippen molar-refractivity contribution in [2.75, 3.05) is 0 Å². The van der Waals surface area contributed by atoms with Crippen LogP contribution >= 0.6 is 0 Å². The molecule has 0 aromatic carbocycles. The van der Waals surface area contributed by atoms with Crippen molar-refractivity contribution in [3.8, 4) is 0 Å². The van der Waals surface area contributed by atoms with E-state index in [1.807, 2.05) is 19.4 Å². The van der Waals surface area contributed by atoms with Gasteiger partial charge in [-0.1, -0.05) is 6.42 Å². The molecule has 3 nitrogen and oxygen atoms in total. The van der Waals surface area contributed by atoms with E-state index in [-0.39, 0.29) is 0 Å². The minimum atomic E-state index is 0.315. The standard InChI is InChI=1S/C10H17N3/c1-13-6-5-12-10(13)7-9(11)8-3-2-4-8/h5-6,8-9H,2-4,7,11H2,1H3. The second kappa shape index (κ2) is 3.50. The van der Waals surface area contributed by atoms with Gasteiger partial charge in [-0.2, -0.15) is 0 Å². The van der Waals surface area contributed by atoms with Gasteiger partial charge in [0.2, 0.25) is 0 Å². The average Bonchev–Trinajstić information content (AvgIpc) is 2.32. The summed E-state index contributed by atoms with van der Waals surface area (Å²) in [6.07, 6.45) is 8.72. The predicted octanol–water partition coefficient (Wildman–Crippen LogP) is 1.09. The third kappa shape index (κ3) is 1.75. The number of hydrogen-bond donors (Lipinski definition) is 1. The highest BCUT2D eigenvalue weighted by molar-refractivity contribution is 4.96. The van der Waals surface area contributed by atoms with Gasteiger partial charge in [-0.05, 0) is 18.8 Å². The van der Waals surface area contributed by atoms with Crippen LogP contribution in [0.15, 0.2) is 12.4 Å². The summed E-state index contributed by atoms with van der Waals surface area (Å²) < 4.78 is 2.05. The number of nitrogens with two attached hydrogens (primary N) is 1. The van der Waals surface area contributed by atoms with Gasteiger partial charge in [0.1, 0.15) is 5.82 Å². The van der Waals surface area contributed by atoms with E-state index >= 15 is 0 Å². The molecule has 1 fully saturated rings. The molecular formula is C10H17N3. The van der Waals surface area contributed by atoms with Crippen molar-refractivity contribution in [1.82, 2.24) is 9.55 Å². The van der Waals surface area contributed by atoms with Crippen LogP contribution in [0.3, 0.4) is 0 Å². The zero-order chi connectivity index (χ0) is 9.26. The lowest BCUT2D eigenvalue weighted by Crippen LogP contribution is -2.36. The van der Waals surface area contributed by atoms with Crippen LogP contribution in [0.4, 0.5) is 0 Å². The normalized spacial score (nSPS) is 19.8. The van der Waals surface area contributed by atoms with Gasteiger partial charge in [-0.25, -0.2) is 4.98 Å². The lowest BCUT2D eigenvalue weighted by Gasteiger charge is -2.30. The monoisotopic (exact) mass is 179 g/mol. The van der Waals surface area contributed by atoms with E-state index in [1.54, 1.807) is 0 Å². The van der Waals surface area contributed by atoms with Gasteiger partial charge in [0, 0.05) is 31.9 Å². The first-order chi connectivity index (χ1) is 6.27. The summed E-state index contributed by atoms with van der Waals surface area (Å²) in [6.45, 7) is 0. The fraction of sp³-hybridized carbons (Fsp3) is 0.700. The predicted molar refractivity (Wildman–Crippen MR) is 52.2 cm³/mol. The molecule has 1 saturated carbocycles. The number of nitrogens with zero attached hydrogens (tertiary/aromatic N) is 2. The first-order valence-corrected chi connectivity index (χ1v) is 4.99. The molecule has 1 aliphatic rings. The summed E-state index contributed by atoms with van der Waals surface area (Å²) in [5.74, 6) is 1.86. The van der Waals surface area contributed by atoms with E-state index in [1.165, 1.54) is 19.3 Å². The van der Waals surface area contributed by atoms with Gasteiger partial charge >= 0.3 is 0 Å². The topological polar surface area (TPSA) is 43.8 Å².